The number of likely N-dealkylation sites (tertiary alicyclic amines) is 1. The average Bonchev–Trinajstić information content (AvgIpc) is 3.20. The second-order valence-electron chi connectivity index (χ2n) is 8.37. The summed E-state index contributed by atoms with van der Waals surface area (Å²) in [4.78, 5) is 14.5. The number of alkyl halides is 3. The molecule has 1 aromatic rings. The maximum Gasteiger partial charge on any atom is 0.416 e. The molecule has 3 saturated heterocycles. The molecule has 166 valence electrons. The fourth-order valence-corrected chi connectivity index (χ4v) is 6.31. The van der Waals surface area contributed by atoms with E-state index in [1.54, 1.807) is 6.07 Å². The lowest BCUT2D eigenvalue weighted by molar-refractivity contribution is -0.138. The van der Waals surface area contributed by atoms with E-state index in [1.165, 1.54) is 14.7 Å². The first kappa shape index (κ1) is 21.6. The molecule has 0 bridgehead atoms. The average molecular weight is 446 g/mol. The van der Waals surface area contributed by atoms with Crippen molar-refractivity contribution in [3.63, 3.8) is 0 Å². The lowest BCUT2D eigenvalue weighted by Crippen LogP contribution is -2.56. The molecule has 0 radical (unpaired) electrons. The van der Waals surface area contributed by atoms with Gasteiger partial charge in [0.1, 0.15) is 0 Å². The molecule has 3 aliphatic heterocycles. The van der Waals surface area contributed by atoms with Crippen molar-refractivity contribution >= 4 is 16.1 Å². The van der Waals surface area contributed by atoms with Crippen molar-refractivity contribution < 1.29 is 26.4 Å². The zero-order chi connectivity index (χ0) is 21.5. The van der Waals surface area contributed by atoms with Crippen molar-refractivity contribution in [2.75, 3.05) is 39.3 Å². The van der Waals surface area contributed by atoms with Crippen molar-refractivity contribution in [3.05, 3.63) is 35.4 Å². The van der Waals surface area contributed by atoms with Gasteiger partial charge in [-0.05, 0) is 37.3 Å². The van der Waals surface area contributed by atoms with Crippen LogP contribution in [0.3, 0.4) is 0 Å². The topological polar surface area (TPSA) is 60.9 Å². The summed E-state index contributed by atoms with van der Waals surface area (Å²) in [6.45, 7) is 2.36. The zero-order valence-electron chi connectivity index (χ0n) is 16.6. The Morgan fingerprint density at radius 1 is 0.967 bits per heavy atom. The van der Waals surface area contributed by atoms with E-state index >= 15 is 0 Å². The third-order valence-electron chi connectivity index (χ3n) is 6.34. The van der Waals surface area contributed by atoms with Crippen LogP contribution in [0.25, 0.3) is 0 Å². The highest BCUT2D eigenvalue weighted by molar-refractivity contribution is 7.86. The van der Waals surface area contributed by atoms with Crippen LogP contribution in [-0.4, -0.2) is 67.1 Å². The van der Waals surface area contributed by atoms with Crippen LogP contribution in [0.1, 0.15) is 42.7 Å². The molecule has 0 spiro atoms. The Balaban J connectivity index is 1.38. The normalized spacial score (nSPS) is 24.8. The molecule has 0 aliphatic carbocycles. The number of halogens is 3. The maximum atomic E-state index is 13.0. The standard InChI is InChI=1S/C20H26F3N3O3S/c21-20(22,23)18-7-3-5-15(11-18)17-13-26(14-17)30(28,29)25-10-4-6-16(12-25)19(27)24-8-1-2-9-24/h3,5,7,11,16-17H,1-2,4,6,8-10,12-14H2/t16-/m0/s1. The first-order valence-corrected chi connectivity index (χ1v) is 11.8. The highest BCUT2D eigenvalue weighted by atomic mass is 32.2. The molecule has 0 unspecified atom stereocenters. The highest BCUT2D eigenvalue weighted by Crippen LogP contribution is 2.36. The number of rotatable bonds is 4. The number of piperidine rings is 1. The minimum absolute atomic E-state index is 0.0397. The molecule has 10 heteroatoms. The van der Waals surface area contributed by atoms with Crippen LogP contribution in [0.15, 0.2) is 24.3 Å². The molecule has 0 saturated carbocycles. The van der Waals surface area contributed by atoms with Gasteiger partial charge < -0.3 is 4.90 Å². The summed E-state index contributed by atoms with van der Waals surface area (Å²) in [5.41, 5.74) is -0.224. The first-order chi connectivity index (χ1) is 14.2. The minimum Gasteiger partial charge on any atom is -0.342 e. The van der Waals surface area contributed by atoms with Crippen LogP contribution in [0, 0.1) is 5.92 Å². The van der Waals surface area contributed by atoms with Crippen LogP contribution < -0.4 is 0 Å². The highest BCUT2D eigenvalue weighted by Gasteiger charge is 2.43. The molecule has 0 N–H and O–H groups in total. The van der Waals surface area contributed by atoms with Crippen LogP contribution in [-0.2, 0) is 21.2 Å². The molecule has 1 amide bonds. The van der Waals surface area contributed by atoms with Gasteiger partial charge in [-0.15, -0.1) is 0 Å². The molecule has 3 aliphatic rings. The Morgan fingerprint density at radius 3 is 2.33 bits per heavy atom. The second kappa shape index (κ2) is 8.12. The Labute approximate surface area is 174 Å². The number of hydrogen-bond acceptors (Lipinski definition) is 3. The van der Waals surface area contributed by atoms with Crippen LogP contribution in [0.5, 0.6) is 0 Å². The Morgan fingerprint density at radius 2 is 1.67 bits per heavy atom. The maximum absolute atomic E-state index is 13.0. The van der Waals surface area contributed by atoms with E-state index in [2.05, 4.69) is 0 Å². The van der Waals surface area contributed by atoms with E-state index in [0.717, 1.165) is 38.1 Å². The number of amides is 1. The van der Waals surface area contributed by atoms with Crippen molar-refractivity contribution in [3.8, 4) is 0 Å². The van der Waals surface area contributed by atoms with Gasteiger partial charge in [-0.3, -0.25) is 4.79 Å². The van der Waals surface area contributed by atoms with Gasteiger partial charge in [-0.2, -0.15) is 30.2 Å². The quantitative estimate of drug-likeness (QED) is 0.716. The van der Waals surface area contributed by atoms with E-state index in [0.29, 0.717) is 24.9 Å². The van der Waals surface area contributed by atoms with Crippen LogP contribution >= 0.6 is 0 Å². The van der Waals surface area contributed by atoms with Gasteiger partial charge in [-0.1, -0.05) is 18.2 Å². The third kappa shape index (κ3) is 4.22. The summed E-state index contributed by atoms with van der Waals surface area (Å²) in [5.74, 6) is -0.529. The fourth-order valence-electron chi connectivity index (χ4n) is 4.52. The van der Waals surface area contributed by atoms with Gasteiger partial charge in [0.2, 0.25) is 5.91 Å². The summed E-state index contributed by atoms with van der Waals surface area (Å²) in [7, 11) is -3.72. The van der Waals surface area contributed by atoms with Gasteiger partial charge >= 0.3 is 6.18 Å². The van der Waals surface area contributed by atoms with E-state index in [4.69, 9.17) is 0 Å². The van der Waals surface area contributed by atoms with Gasteiger partial charge in [-0.25, -0.2) is 0 Å². The second-order valence-corrected chi connectivity index (χ2v) is 10.3. The van der Waals surface area contributed by atoms with Crippen molar-refractivity contribution in [2.24, 2.45) is 5.92 Å². The van der Waals surface area contributed by atoms with Gasteiger partial charge in [0, 0.05) is 45.2 Å². The molecular weight excluding hydrogens is 419 g/mol. The largest absolute Gasteiger partial charge is 0.416 e. The fraction of sp³-hybridized carbons (Fsp3) is 0.650. The summed E-state index contributed by atoms with van der Waals surface area (Å²) < 4.78 is 67.5. The summed E-state index contributed by atoms with van der Waals surface area (Å²) in [5, 5.41) is 0. The van der Waals surface area contributed by atoms with E-state index < -0.39 is 21.9 Å². The first-order valence-electron chi connectivity index (χ1n) is 10.4. The van der Waals surface area contributed by atoms with Crippen LogP contribution in [0.2, 0.25) is 0 Å². The smallest absolute Gasteiger partial charge is 0.342 e. The zero-order valence-corrected chi connectivity index (χ0v) is 17.5. The number of hydrogen-bond donors (Lipinski definition) is 0. The molecule has 0 aromatic heterocycles. The number of nitrogens with zero attached hydrogens (tertiary/aromatic N) is 3. The lowest BCUT2D eigenvalue weighted by atomic mass is 9.92. The predicted octanol–water partition coefficient (Wildman–Crippen LogP) is 2.68. The molecule has 30 heavy (non-hydrogen) atoms. The monoisotopic (exact) mass is 445 g/mol. The van der Waals surface area contributed by atoms with E-state index in [9.17, 15) is 26.4 Å². The Bertz CT molecular complexity index is 894. The minimum atomic E-state index is -4.42. The van der Waals surface area contributed by atoms with Crippen molar-refractivity contribution in [2.45, 2.75) is 37.8 Å². The van der Waals surface area contributed by atoms with E-state index in [-0.39, 0.29) is 37.4 Å². The molecule has 1 aromatic carbocycles. The molecule has 3 heterocycles. The summed E-state index contributed by atoms with van der Waals surface area (Å²) in [6, 6.07) is 5.08. The number of benzene rings is 1. The summed E-state index contributed by atoms with van der Waals surface area (Å²) in [6.07, 6.45) is -1.12. The molecule has 1 atom stereocenters. The molecule has 4 rings (SSSR count). The lowest BCUT2D eigenvalue weighted by Gasteiger charge is -2.43. The van der Waals surface area contributed by atoms with Gasteiger partial charge in [0.05, 0.1) is 11.5 Å². The molecular formula is C20H26F3N3O3S. The number of carbonyl (C=O) groups excluding carboxylic acids is 1. The number of carbonyl (C=O) groups is 1. The molecule has 3 fully saturated rings. The summed E-state index contributed by atoms with van der Waals surface area (Å²) >= 11 is 0. The van der Waals surface area contributed by atoms with Crippen molar-refractivity contribution in [1.82, 2.24) is 13.5 Å². The van der Waals surface area contributed by atoms with Gasteiger partial charge in [0.25, 0.3) is 10.2 Å². The van der Waals surface area contributed by atoms with Gasteiger partial charge in [0.15, 0.2) is 0 Å². The third-order valence-corrected chi connectivity index (χ3v) is 8.27. The predicted molar refractivity (Wildman–Crippen MR) is 105 cm³/mol. The Kier molecular flexibility index (Phi) is 5.84. The van der Waals surface area contributed by atoms with Crippen molar-refractivity contribution in [1.29, 1.82) is 0 Å². The SMILES string of the molecule is O=C([C@H]1CCCN(S(=O)(=O)N2CC(c3cccc(C(F)(F)F)c3)C2)C1)N1CCCC1. The van der Waals surface area contributed by atoms with E-state index in [1.807, 2.05) is 4.90 Å². The van der Waals surface area contributed by atoms with Crippen LogP contribution in [0.4, 0.5) is 13.2 Å². The molecule has 6 nitrogen and oxygen atoms in total. The Hall–Kier alpha value is -1.65.